The quantitative estimate of drug-likeness (QED) is 0.803. The van der Waals surface area contributed by atoms with E-state index in [4.69, 9.17) is 16.0 Å². The van der Waals surface area contributed by atoms with E-state index in [-0.39, 0.29) is 6.04 Å². The predicted molar refractivity (Wildman–Crippen MR) is 90.2 cm³/mol. The molecular weight excluding hydrogens is 334 g/mol. The molecule has 1 aromatic heterocycles. The molecule has 0 spiro atoms. The van der Waals surface area contributed by atoms with Crippen molar-refractivity contribution in [2.75, 3.05) is 5.88 Å². The molecule has 0 fully saturated rings. The number of hydrogen-bond donors (Lipinski definition) is 1. The van der Waals surface area contributed by atoms with E-state index in [2.05, 4.69) is 4.72 Å². The van der Waals surface area contributed by atoms with Crippen LogP contribution in [0.15, 0.2) is 45.9 Å². The van der Waals surface area contributed by atoms with Gasteiger partial charge < -0.3 is 4.42 Å². The molecule has 2 aromatic rings. The Balaban J connectivity index is 1.75. The number of rotatable bonds is 6. The van der Waals surface area contributed by atoms with Crippen molar-refractivity contribution in [2.45, 2.75) is 43.0 Å². The second-order valence-corrected chi connectivity index (χ2v) is 7.89. The summed E-state index contributed by atoms with van der Waals surface area (Å²) in [5.74, 6) is 1.50. The topological polar surface area (TPSA) is 59.3 Å². The van der Waals surface area contributed by atoms with Crippen LogP contribution in [0.3, 0.4) is 0 Å². The fourth-order valence-electron chi connectivity index (χ4n) is 2.97. The second-order valence-electron chi connectivity index (χ2n) is 5.80. The summed E-state index contributed by atoms with van der Waals surface area (Å²) in [6, 6.07) is 8.67. The Labute approximate surface area is 141 Å². The van der Waals surface area contributed by atoms with Gasteiger partial charge in [0.1, 0.15) is 5.76 Å². The predicted octanol–water partition coefficient (Wildman–Crippen LogP) is 3.81. The number of nitrogens with one attached hydrogen (secondary N) is 1. The van der Waals surface area contributed by atoms with Crippen LogP contribution in [0.25, 0.3) is 0 Å². The van der Waals surface area contributed by atoms with E-state index < -0.39 is 10.0 Å². The van der Waals surface area contributed by atoms with E-state index in [1.165, 1.54) is 0 Å². The molecule has 23 heavy (non-hydrogen) atoms. The van der Waals surface area contributed by atoms with Crippen molar-refractivity contribution in [3.8, 4) is 0 Å². The molecule has 3 rings (SSSR count). The van der Waals surface area contributed by atoms with Crippen molar-refractivity contribution in [3.63, 3.8) is 0 Å². The number of halogens is 1. The van der Waals surface area contributed by atoms with Gasteiger partial charge in [-0.25, -0.2) is 13.1 Å². The van der Waals surface area contributed by atoms with Crippen LogP contribution >= 0.6 is 11.6 Å². The SMILES string of the molecule is O=S(=O)(NC1CCCc2occc21)c1ccc(CCCCl)cc1. The van der Waals surface area contributed by atoms with Crippen LogP contribution < -0.4 is 4.72 Å². The minimum absolute atomic E-state index is 0.210. The van der Waals surface area contributed by atoms with Gasteiger partial charge in [-0.1, -0.05) is 12.1 Å². The van der Waals surface area contributed by atoms with Gasteiger partial charge in [-0.3, -0.25) is 0 Å². The summed E-state index contributed by atoms with van der Waals surface area (Å²) in [5, 5.41) is 0. The summed E-state index contributed by atoms with van der Waals surface area (Å²) in [7, 11) is -3.54. The molecule has 1 aromatic carbocycles. The lowest BCUT2D eigenvalue weighted by molar-refractivity contribution is 0.438. The number of hydrogen-bond acceptors (Lipinski definition) is 3. The molecule has 0 aliphatic heterocycles. The third-order valence-corrected chi connectivity index (χ3v) is 5.94. The Hall–Kier alpha value is -1.30. The third kappa shape index (κ3) is 3.79. The number of benzene rings is 1. The van der Waals surface area contributed by atoms with Gasteiger partial charge in [0.15, 0.2) is 0 Å². The number of sulfonamides is 1. The first-order chi connectivity index (χ1) is 11.1. The molecule has 0 radical (unpaired) electrons. The highest BCUT2D eigenvalue weighted by Crippen LogP contribution is 2.31. The normalized spacial score (nSPS) is 17.9. The minimum Gasteiger partial charge on any atom is -0.469 e. The van der Waals surface area contributed by atoms with Crippen LogP contribution in [-0.4, -0.2) is 14.3 Å². The van der Waals surface area contributed by atoms with Crippen molar-refractivity contribution in [3.05, 3.63) is 53.5 Å². The van der Waals surface area contributed by atoms with Crippen LogP contribution in [0, 0.1) is 0 Å². The number of furan rings is 1. The Morgan fingerprint density at radius 2 is 2.00 bits per heavy atom. The summed E-state index contributed by atoms with van der Waals surface area (Å²) in [5.41, 5.74) is 2.05. The molecular formula is C17H20ClNO3S. The lowest BCUT2D eigenvalue weighted by Crippen LogP contribution is -2.30. The summed E-state index contributed by atoms with van der Waals surface area (Å²) in [6.45, 7) is 0. The standard InChI is InChI=1S/C17H20ClNO3S/c18-11-2-3-13-6-8-14(9-7-13)23(20,21)19-16-4-1-5-17-15(16)10-12-22-17/h6-10,12,16,19H,1-5,11H2. The summed E-state index contributed by atoms with van der Waals surface area (Å²) in [6.07, 6.45) is 5.96. The van der Waals surface area contributed by atoms with Gasteiger partial charge in [-0.2, -0.15) is 0 Å². The molecule has 124 valence electrons. The zero-order chi connectivity index (χ0) is 16.3. The van der Waals surface area contributed by atoms with Crippen molar-refractivity contribution < 1.29 is 12.8 Å². The number of fused-ring (bicyclic) bond motifs is 1. The number of alkyl halides is 1. The molecule has 1 heterocycles. The molecule has 0 amide bonds. The first-order valence-electron chi connectivity index (χ1n) is 7.83. The van der Waals surface area contributed by atoms with Gasteiger partial charge >= 0.3 is 0 Å². The highest BCUT2D eigenvalue weighted by Gasteiger charge is 2.27. The first-order valence-corrected chi connectivity index (χ1v) is 9.85. The van der Waals surface area contributed by atoms with Crippen LogP contribution in [0.5, 0.6) is 0 Å². The monoisotopic (exact) mass is 353 g/mol. The molecule has 1 aliphatic carbocycles. The maximum absolute atomic E-state index is 12.6. The molecule has 1 unspecified atom stereocenters. The third-order valence-electron chi connectivity index (χ3n) is 4.18. The fraction of sp³-hybridized carbons (Fsp3) is 0.412. The van der Waals surface area contributed by atoms with Gasteiger partial charge in [0.2, 0.25) is 10.0 Å². The summed E-state index contributed by atoms with van der Waals surface area (Å²) < 4.78 is 33.4. The fourth-order valence-corrected chi connectivity index (χ4v) is 4.35. The minimum atomic E-state index is -3.54. The van der Waals surface area contributed by atoms with Crippen LogP contribution in [0.1, 0.15) is 42.2 Å². The molecule has 6 heteroatoms. The van der Waals surface area contributed by atoms with Gasteiger partial charge in [-0.05, 0) is 49.4 Å². The lowest BCUT2D eigenvalue weighted by atomic mass is 9.94. The van der Waals surface area contributed by atoms with E-state index in [0.717, 1.165) is 49.0 Å². The van der Waals surface area contributed by atoms with Gasteiger partial charge in [0.05, 0.1) is 17.2 Å². The van der Waals surface area contributed by atoms with Gasteiger partial charge in [0.25, 0.3) is 0 Å². The van der Waals surface area contributed by atoms with Gasteiger partial charge in [0, 0.05) is 17.9 Å². The van der Waals surface area contributed by atoms with E-state index >= 15 is 0 Å². The summed E-state index contributed by atoms with van der Waals surface area (Å²) in [4.78, 5) is 0.294. The van der Waals surface area contributed by atoms with Crippen molar-refractivity contribution in [1.29, 1.82) is 0 Å². The molecule has 1 atom stereocenters. The van der Waals surface area contributed by atoms with Crippen LogP contribution in [0.2, 0.25) is 0 Å². The molecule has 0 bridgehead atoms. The molecule has 0 saturated heterocycles. The maximum Gasteiger partial charge on any atom is 0.241 e. The Kier molecular flexibility index (Phi) is 5.09. The zero-order valence-electron chi connectivity index (χ0n) is 12.8. The average molecular weight is 354 g/mol. The maximum atomic E-state index is 12.6. The second kappa shape index (κ2) is 7.07. The molecule has 4 nitrogen and oxygen atoms in total. The Morgan fingerprint density at radius 1 is 1.22 bits per heavy atom. The van der Waals surface area contributed by atoms with E-state index in [0.29, 0.717) is 10.8 Å². The zero-order valence-corrected chi connectivity index (χ0v) is 14.4. The van der Waals surface area contributed by atoms with Gasteiger partial charge in [-0.15, -0.1) is 11.6 Å². The van der Waals surface area contributed by atoms with E-state index in [1.54, 1.807) is 18.4 Å². The summed E-state index contributed by atoms with van der Waals surface area (Å²) >= 11 is 5.68. The lowest BCUT2D eigenvalue weighted by Gasteiger charge is -2.22. The van der Waals surface area contributed by atoms with Crippen LogP contribution in [0.4, 0.5) is 0 Å². The number of aryl methyl sites for hydroxylation is 2. The highest BCUT2D eigenvalue weighted by molar-refractivity contribution is 7.89. The van der Waals surface area contributed by atoms with Crippen molar-refractivity contribution in [1.82, 2.24) is 4.72 Å². The van der Waals surface area contributed by atoms with Crippen LogP contribution in [-0.2, 0) is 22.9 Å². The molecule has 1 aliphatic rings. The van der Waals surface area contributed by atoms with Crippen molar-refractivity contribution in [2.24, 2.45) is 0 Å². The van der Waals surface area contributed by atoms with Crippen molar-refractivity contribution >= 4 is 21.6 Å². The van der Waals surface area contributed by atoms with E-state index in [1.807, 2.05) is 18.2 Å². The Morgan fingerprint density at radius 3 is 2.74 bits per heavy atom. The smallest absolute Gasteiger partial charge is 0.241 e. The largest absolute Gasteiger partial charge is 0.469 e. The molecule has 1 N–H and O–H groups in total. The Bertz CT molecular complexity index is 752. The highest BCUT2D eigenvalue weighted by atomic mass is 35.5. The average Bonchev–Trinajstić information content (AvgIpc) is 3.03. The molecule has 0 saturated carbocycles. The first kappa shape index (κ1) is 16.6. The van der Waals surface area contributed by atoms with E-state index in [9.17, 15) is 8.42 Å².